The lowest BCUT2D eigenvalue weighted by atomic mass is 10.1. The van der Waals surface area contributed by atoms with Gasteiger partial charge >= 0.3 is 0 Å². The van der Waals surface area contributed by atoms with Gasteiger partial charge in [0.1, 0.15) is 5.75 Å². The predicted octanol–water partition coefficient (Wildman–Crippen LogP) is 2.82. The second-order valence-electron chi connectivity index (χ2n) is 3.88. The van der Waals surface area contributed by atoms with Crippen LogP contribution < -0.4 is 10.5 Å². The molecule has 0 bridgehead atoms. The first-order valence-electron chi connectivity index (χ1n) is 5.67. The lowest BCUT2D eigenvalue weighted by Gasteiger charge is -2.07. The highest BCUT2D eigenvalue weighted by Gasteiger charge is 2.10. The van der Waals surface area contributed by atoms with Crippen LogP contribution >= 0.6 is 12.4 Å². The molecule has 0 aliphatic carbocycles. The van der Waals surface area contributed by atoms with E-state index in [1.807, 2.05) is 12.1 Å². The van der Waals surface area contributed by atoms with Crippen molar-refractivity contribution < 1.29 is 9.53 Å². The van der Waals surface area contributed by atoms with Gasteiger partial charge in [0.2, 0.25) is 0 Å². The molecule has 1 rings (SSSR count). The molecule has 1 atom stereocenters. The van der Waals surface area contributed by atoms with Gasteiger partial charge in [0.25, 0.3) is 0 Å². The van der Waals surface area contributed by atoms with E-state index in [-0.39, 0.29) is 18.2 Å². The summed E-state index contributed by atoms with van der Waals surface area (Å²) in [6.45, 7) is 4.53. The van der Waals surface area contributed by atoms with Crippen molar-refractivity contribution in [2.75, 3.05) is 6.61 Å². The van der Waals surface area contributed by atoms with Crippen molar-refractivity contribution in [2.24, 2.45) is 5.73 Å². The van der Waals surface area contributed by atoms with Crippen LogP contribution in [0.15, 0.2) is 24.3 Å². The van der Waals surface area contributed by atoms with Crippen molar-refractivity contribution in [1.82, 2.24) is 0 Å². The SMILES string of the molecule is CCCCOc1ccc(C(=O)C(C)N)cc1.Cl. The smallest absolute Gasteiger partial charge is 0.179 e. The van der Waals surface area contributed by atoms with E-state index < -0.39 is 6.04 Å². The average molecular weight is 258 g/mol. The van der Waals surface area contributed by atoms with Gasteiger partial charge in [-0.2, -0.15) is 0 Å². The maximum absolute atomic E-state index is 11.6. The Kier molecular flexibility index (Phi) is 7.59. The molecule has 3 nitrogen and oxygen atoms in total. The number of Topliss-reactive ketones (excluding diaryl/α,β-unsaturated/α-hetero) is 1. The van der Waals surface area contributed by atoms with Gasteiger partial charge in [0.15, 0.2) is 5.78 Å². The Bertz CT molecular complexity index is 336. The van der Waals surface area contributed by atoms with Gasteiger partial charge in [-0.3, -0.25) is 4.79 Å². The van der Waals surface area contributed by atoms with Gasteiger partial charge < -0.3 is 10.5 Å². The Morgan fingerprint density at radius 2 is 1.94 bits per heavy atom. The zero-order chi connectivity index (χ0) is 12.0. The van der Waals surface area contributed by atoms with Gasteiger partial charge in [-0.05, 0) is 37.6 Å². The van der Waals surface area contributed by atoms with Crippen LogP contribution in [-0.4, -0.2) is 18.4 Å². The van der Waals surface area contributed by atoms with Gasteiger partial charge in [-0.25, -0.2) is 0 Å². The fourth-order valence-electron chi connectivity index (χ4n) is 1.31. The molecule has 0 fully saturated rings. The topological polar surface area (TPSA) is 52.3 Å². The average Bonchev–Trinajstić information content (AvgIpc) is 2.29. The maximum atomic E-state index is 11.6. The maximum Gasteiger partial charge on any atom is 0.179 e. The third kappa shape index (κ3) is 5.20. The van der Waals surface area contributed by atoms with Crippen molar-refractivity contribution in [3.63, 3.8) is 0 Å². The first-order chi connectivity index (χ1) is 7.65. The summed E-state index contributed by atoms with van der Waals surface area (Å²) in [7, 11) is 0. The molecular weight excluding hydrogens is 238 g/mol. The molecule has 1 aromatic rings. The van der Waals surface area contributed by atoms with Crippen molar-refractivity contribution in [3.05, 3.63) is 29.8 Å². The third-order valence-corrected chi connectivity index (χ3v) is 2.32. The highest BCUT2D eigenvalue weighted by molar-refractivity contribution is 5.99. The molecular formula is C13H20ClNO2. The minimum Gasteiger partial charge on any atom is -0.494 e. The largest absolute Gasteiger partial charge is 0.494 e. The number of carbonyl (C=O) groups excluding carboxylic acids is 1. The molecule has 0 amide bonds. The summed E-state index contributed by atoms with van der Waals surface area (Å²) in [6, 6.07) is 6.68. The van der Waals surface area contributed by atoms with E-state index in [0.717, 1.165) is 25.2 Å². The highest BCUT2D eigenvalue weighted by Crippen LogP contribution is 2.13. The van der Waals surface area contributed by atoms with E-state index in [1.54, 1.807) is 19.1 Å². The van der Waals surface area contributed by atoms with Gasteiger partial charge in [0.05, 0.1) is 12.6 Å². The summed E-state index contributed by atoms with van der Waals surface area (Å²) in [5, 5.41) is 0. The number of hydrogen-bond acceptors (Lipinski definition) is 3. The summed E-state index contributed by atoms with van der Waals surface area (Å²) < 4.78 is 5.50. The van der Waals surface area contributed by atoms with Crippen molar-refractivity contribution in [1.29, 1.82) is 0 Å². The van der Waals surface area contributed by atoms with E-state index >= 15 is 0 Å². The molecule has 1 unspecified atom stereocenters. The summed E-state index contributed by atoms with van der Waals surface area (Å²) in [6.07, 6.45) is 2.15. The Morgan fingerprint density at radius 3 is 2.41 bits per heavy atom. The number of rotatable bonds is 6. The number of benzene rings is 1. The van der Waals surface area contributed by atoms with E-state index in [4.69, 9.17) is 10.5 Å². The number of unbranched alkanes of at least 4 members (excludes halogenated alkanes) is 1. The lowest BCUT2D eigenvalue weighted by molar-refractivity contribution is 0.0968. The van der Waals surface area contributed by atoms with Crippen LogP contribution in [0.5, 0.6) is 5.75 Å². The Labute approximate surface area is 109 Å². The molecule has 0 aromatic heterocycles. The van der Waals surface area contributed by atoms with Gasteiger partial charge in [-0.1, -0.05) is 13.3 Å². The molecule has 0 saturated carbocycles. The summed E-state index contributed by atoms with van der Waals surface area (Å²) in [4.78, 5) is 11.6. The summed E-state index contributed by atoms with van der Waals surface area (Å²) in [5.74, 6) is 0.759. The number of carbonyl (C=O) groups is 1. The highest BCUT2D eigenvalue weighted by atomic mass is 35.5. The minimum atomic E-state index is -0.452. The molecule has 0 aliphatic heterocycles. The van der Waals surface area contributed by atoms with Crippen LogP contribution in [0.25, 0.3) is 0 Å². The van der Waals surface area contributed by atoms with Crippen molar-refractivity contribution in [2.45, 2.75) is 32.7 Å². The molecule has 2 N–H and O–H groups in total. The standard InChI is InChI=1S/C13H19NO2.ClH/c1-3-4-9-16-12-7-5-11(6-8-12)13(15)10(2)14;/h5-8,10H,3-4,9,14H2,1-2H3;1H. The monoisotopic (exact) mass is 257 g/mol. The van der Waals surface area contributed by atoms with Crippen LogP contribution in [0, 0.1) is 0 Å². The number of nitrogens with two attached hydrogens (primary N) is 1. The summed E-state index contributed by atoms with van der Waals surface area (Å²) >= 11 is 0. The fraction of sp³-hybridized carbons (Fsp3) is 0.462. The van der Waals surface area contributed by atoms with E-state index in [0.29, 0.717) is 5.56 Å². The molecule has 0 heterocycles. The van der Waals surface area contributed by atoms with E-state index in [1.165, 1.54) is 0 Å². The Morgan fingerprint density at radius 1 is 1.35 bits per heavy atom. The first kappa shape index (κ1) is 15.9. The van der Waals surface area contributed by atoms with Crippen LogP contribution in [-0.2, 0) is 0 Å². The van der Waals surface area contributed by atoms with E-state index in [9.17, 15) is 4.79 Å². The quantitative estimate of drug-likeness (QED) is 0.630. The lowest BCUT2D eigenvalue weighted by Crippen LogP contribution is -2.26. The normalized spacial score (nSPS) is 11.5. The second-order valence-corrected chi connectivity index (χ2v) is 3.88. The molecule has 0 radical (unpaired) electrons. The van der Waals surface area contributed by atoms with Crippen molar-refractivity contribution >= 4 is 18.2 Å². The molecule has 4 heteroatoms. The van der Waals surface area contributed by atoms with E-state index in [2.05, 4.69) is 6.92 Å². The van der Waals surface area contributed by atoms with Gasteiger partial charge in [-0.15, -0.1) is 12.4 Å². The van der Waals surface area contributed by atoms with Gasteiger partial charge in [0, 0.05) is 5.56 Å². The first-order valence-corrected chi connectivity index (χ1v) is 5.67. The number of ketones is 1. The molecule has 17 heavy (non-hydrogen) atoms. The molecule has 0 saturated heterocycles. The number of hydrogen-bond donors (Lipinski definition) is 1. The molecule has 1 aromatic carbocycles. The number of halogens is 1. The molecule has 96 valence electrons. The molecule has 0 spiro atoms. The zero-order valence-corrected chi connectivity index (χ0v) is 11.1. The Balaban J connectivity index is 0.00000256. The predicted molar refractivity (Wildman–Crippen MR) is 72.1 cm³/mol. The molecule has 0 aliphatic rings. The summed E-state index contributed by atoms with van der Waals surface area (Å²) in [5.41, 5.74) is 6.16. The Hall–Kier alpha value is -1.06. The van der Waals surface area contributed by atoms with Crippen LogP contribution in [0.3, 0.4) is 0 Å². The van der Waals surface area contributed by atoms with Crippen LogP contribution in [0.4, 0.5) is 0 Å². The number of ether oxygens (including phenoxy) is 1. The minimum absolute atomic E-state index is 0. The van der Waals surface area contributed by atoms with Crippen molar-refractivity contribution in [3.8, 4) is 5.75 Å². The third-order valence-electron chi connectivity index (χ3n) is 2.32. The van der Waals surface area contributed by atoms with Crippen LogP contribution in [0.2, 0.25) is 0 Å². The fourth-order valence-corrected chi connectivity index (χ4v) is 1.31. The van der Waals surface area contributed by atoms with Crippen LogP contribution in [0.1, 0.15) is 37.0 Å². The zero-order valence-electron chi connectivity index (χ0n) is 10.3. The second kappa shape index (κ2) is 8.09.